The Morgan fingerprint density at radius 2 is 2.05 bits per heavy atom. The number of carbonyl (C=O) groups excluding carboxylic acids is 1. The Bertz CT molecular complexity index is 453. The molecule has 0 spiro atoms. The van der Waals surface area contributed by atoms with Gasteiger partial charge in [0, 0.05) is 11.9 Å². The van der Waals surface area contributed by atoms with Gasteiger partial charge in [-0.25, -0.2) is 14.8 Å². The number of hydrogen-bond acceptors (Lipinski definition) is 5. The van der Waals surface area contributed by atoms with Crippen LogP contribution in [0.3, 0.4) is 0 Å². The summed E-state index contributed by atoms with van der Waals surface area (Å²) in [5.74, 6) is 0.558. The number of nitrogens with zero attached hydrogens (tertiary/aromatic N) is 2. The molecule has 0 saturated heterocycles. The third-order valence-corrected chi connectivity index (χ3v) is 2.50. The smallest absolute Gasteiger partial charge is 0.329 e. The van der Waals surface area contributed by atoms with Gasteiger partial charge in [-0.1, -0.05) is 13.8 Å². The molecule has 0 aliphatic carbocycles. The summed E-state index contributed by atoms with van der Waals surface area (Å²) >= 11 is 0. The van der Waals surface area contributed by atoms with E-state index in [1.54, 1.807) is 6.20 Å². The number of anilines is 1. The first kappa shape index (κ1) is 16.4. The Morgan fingerprint density at radius 3 is 2.55 bits per heavy atom. The number of nitrogens with one attached hydrogen (secondary N) is 1. The molecule has 0 bridgehead atoms. The number of esters is 1. The van der Waals surface area contributed by atoms with Crippen LogP contribution in [0.2, 0.25) is 0 Å². The molecule has 1 rings (SSSR count). The van der Waals surface area contributed by atoms with Gasteiger partial charge in [0.1, 0.15) is 11.6 Å². The standard InChI is InChI=1S/C15H25N3O2/c1-10(2)9-12(13(19)20-15(4,5)6)18-14-16-8-7-11(3)17-14/h7-8,10,12H,9H2,1-6H3,(H,16,17,18)/t12-/m1/s1. The van der Waals surface area contributed by atoms with E-state index in [4.69, 9.17) is 4.74 Å². The minimum absolute atomic E-state index is 0.267. The molecule has 112 valence electrons. The SMILES string of the molecule is Cc1ccnc(N[C@H](CC(C)C)C(=O)OC(C)(C)C)n1. The fourth-order valence-corrected chi connectivity index (χ4v) is 1.73. The minimum Gasteiger partial charge on any atom is -0.458 e. The van der Waals surface area contributed by atoms with Crippen molar-refractivity contribution < 1.29 is 9.53 Å². The predicted molar refractivity (Wildman–Crippen MR) is 79.5 cm³/mol. The first-order chi connectivity index (χ1) is 9.17. The first-order valence-corrected chi connectivity index (χ1v) is 6.96. The lowest BCUT2D eigenvalue weighted by molar-refractivity contribution is -0.156. The van der Waals surface area contributed by atoms with Gasteiger partial charge in [-0.05, 0) is 46.1 Å². The van der Waals surface area contributed by atoms with Gasteiger partial charge in [0.2, 0.25) is 5.95 Å². The van der Waals surface area contributed by atoms with E-state index in [1.165, 1.54) is 0 Å². The van der Waals surface area contributed by atoms with Crippen LogP contribution < -0.4 is 5.32 Å². The third kappa shape index (κ3) is 5.99. The lowest BCUT2D eigenvalue weighted by Crippen LogP contribution is -2.38. The maximum Gasteiger partial charge on any atom is 0.329 e. The molecule has 5 nitrogen and oxygen atoms in total. The topological polar surface area (TPSA) is 64.1 Å². The highest BCUT2D eigenvalue weighted by Gasteiger charge is 2.26. The zero-order valence-corrected chi connectivity index (χ0v) is 13.2. The van der Waals surface area contributed by atoms with Gasteiger partial charge in [-0.3, -0.25) is 0 Å². The van der Waals surface area contributed by atoms with Crippen LogP contribution >= 0.6 is 0 Å². The number of aromatic nitrogens is 2. The van der Waals surface area contributed by atoms with Crippen molar-refractivity contribution in [2.75, 3.05) is 5.32 Å². The van der Waals surface area contributed by atoms with E-state index < -0.39 is 11.6 Å². The van der Waals surface area contributed by atoms with E-state index in [-0.39, 0.29) is 5.97 Å². The van der Waals surface area contributed by atoms with Crippen LogP contribution in [-0.2, 0) is 9.53 Å². The molecule has 0 amide bonds. The van der Waals surface area contributed by atoms with Crippen molar-refractivity contribution in [1.29, 1.82) is 0 Å². The zero-order valence-electron chi connectivity index (χ0n) is 13.2. The number of carbonyl (C=O) groups is 1. The summed E-state index contributed by atoms with van der Waals surface area (Å²) < 4.78 is 5.45. The van der Waals surface area contributed by atoms with Crippen molar-refractivity contribution in [3.8, 4) is 0 Å². The Hall–Kier alpha value is -1.65. The lowest BCUT2D eigenvalue weighted by Gasteiger charge is -2.25. The quantitative estimate of drug-likeness (QED) is 0.839. The van der Waals surface area contributed by atoms with Gasteiger partial charge in [-0.15, -0.1) is 0 Å². The summed E-state index contributed by atoms with van der Waals surface area (Å²) in [5, 5.41) is 3.08. The minimum atomic E-state index is -0.499. The molecule has 0 aliphatic heterocycles. The Kier molecular flexibility index (Phi) is 5.48. The van der Waals surface area contributed by atoms with Gasteiger partial charge >= 0.3 is 5.97 Å². The average molecular weight is 279 g/mol. The fourth-order valence-electron chi connectivity index (χ4n) is 1.73. The largest absolute Gasteiger partial charge is 0.458 e. The maximum absolute atomic E-state index is 12.2. The number of aryl methyl sites for hydroxylation is 1. The van der Waals surface area contributed by atoms with Crippen LogP contribution in [0.15, 0.2) is 12.3 Å². The van der Waals surface area contributed by atoms with Crippen molar-refractivity contribution >= 4 is 11.9 Å². The summed E-state index contributed by atoms with van der Waals surface area (Å²) in [7, 11) is 0. The molecule has 0 radical (unpaired) electrons. The summed E-state index contributed by atoms with van der Waals surface area (Å²) in [4.78, 5) is 20.6. The molecule has 0 aromatic carbocycles. The summed E-state index contributed by atoms with van der Waals surface area (Å²) in [6, 6.07) is 1.38. The van der Waals surface area contributed by atoms with Crippen LogP contribution in [0.1, 0.15) is 46.7 Å². The van der Waals surface area contributed by atoms with Crippen LogP contribution in [-0.4, -0.2) is 27.6 Å². The van der Waals surface area contributed by atoms with Crippen LogP contribution in [0.4, 0.5) is 5.95 Å². The van der Waals surface area contributed by atoms with E-state index in [0.717, 1.165) is 5.69 Å². The molecule has 20 heavy (non-hydrogen) atoms. The second-order valence-electron chi connectivity index (χ2n) is 6.38. The van der Waals surface area contributed by atoms with E-state index in [2.05, 4.69) is 29.1 Å². The highest BCUT2D eigenvalue weighted by Crippen LogP contribution is 2.15. The van der Waals surface area contributed by atoms with E-state index in [0.29, 0.717) is 18.3 Å². The summed E-state index contributed by atoms with van der Waals surface area (Å²) in [6.45, 7) is 11.6. The lowest BCUT2D eigenvalue weighted by atomic mass is 10.0. The van der Waals surface area contributed by atoms with Crippen LogP contribution in [0, 0.1) is 12.8 Å². The second kappa shape index (κ2) is 6.68. The van der Waals surface area contributed by atoms with E-state index in [1.807, 2.05) is 33.8 Å². The number of rotatable bonds is 5. The molecule has 0 unspecified atom stereocenters. The fraction of sp³-hybridized carbons (Fsp3) is 0.667. The Morgan fingerprint density at radius 1 is 1.40 bits per heavy atom. The van der Waals surface area contributed by atoms with Crippen molar-refractivity contribution in [3.63, 3.8) is 0 Å². The molecule has 0 fully saturated rings. The molecule has 0 aliphatic rings. The van der Waals surface area contributed by atoms with Gasteiger partial charge in [-0.2, -0.15) is 0 Å². The van der Waals surface area contributed by atoms with Gasteiger partial charge in [0.25, 0.3) is 0 Å². The Balaban J connectivity index is 2.81. The number of ether oxygens (including phenoxy) is 1. The average Bonchev–Trinajstić information content (AvgIpc) is 2.25. The molecule has 1 N–H and O–H groups in total. The molecule has 1 heterocycles. The van der Waals surface area contributed by atoms with Crippen molar-refractivity contribution in [2.45, 2.75) is 59.6 Å². The highest BCUT2D eigenvalue weighted by molar-refractivity contribution is 5.79. The third-order valence-electron chi connectivity index (χ3n) is 2.50. The molecule has 5 heteroatoms. The molecular formula is C15H25N3O2. The first-order valence-electron chi connectivity index (χ1n) is 6.96. The monoisotopic (exact) mass is 279 g/mol. The van der Waals surface area contributed by atoms with E-state index in [9.17, 15) is 4.79 Å². The van der Waals surface area contributed by atoms with Crippen LogP contribution in [0.25, 0.3) is 0 Å². The molecule has 0 saturated carbocycles. The molecular weight excluding hydrogens is 254 g/mol. The number of hydrogen-bond donors (Lipinski definition) is 1. The van der Waals surface area contributed by atoms with Gasteiger partial charge in [0.15, 0.2) is 0 Å². The van der Waals surface area contributed by atoms with Gasteiger partial charge in [0.05, 0.1) is 0 Å². The second-order valence-corrected chi connectivity index (χ2v) is 6.38. The normalized spacial score (nSPS) is 13.2. The molecule has 1 aromatic heterocycles. The maximum atomic E-state index is 12.2. The van der Waals surface area contributed by atoms with Crippen molar-refractivity contribution in [3.05, 3.63) is 18.0 Å². The highest BCUT2D eigenvalue weighted by atomic mass is 16.6. The Labute approximate surface area is 121 Å². The predicted octanol–water partition coefficient (Wildman–Crippen LogP) is 2.95. The van der Waals surface area contributed by atoms with Gasteiger partial charge < -0.3 is 10.1 Å². The summed E-state index contributed by atoms with van der Waals surface area (Å²) in [5.41, 5.74) is 0.358. The molecule has 1 aromatic rings. The van der Waals surface area contributed by atoms with Crippen molar-refractivity contribution in [2.24, 2.45) is 5.92 Å². The summed E-state index contributed by atoms with van der Waals surface area (Å²) in [6.07, 6.45) is 2.35. The van der Waals surface area contributed by atoms with E-state index >= 15 is 0 Å². The molecule has 1 atom stereocenters. The zero-order chi connectivity index (χ0) is 15.3. The van der Waals surface area contributed by atoms with Crippen LogP contribution in [0.5, 0.6) is 0 Å². The van der Waals surface area contributed by atoms with Crippen molar-refractivity contribution in [1.82, 2.24) is 9.97 Å².